The zero-order chi connectivity index (χ0) is 14.5. The number of para-hydroxylation sites is 1. The van der Waals surface area contributed by atoms with Crippen LogP contribution in [0.25, 0.3) is 0 Å². The first-order valence-corrected chi connectivity index (χ1v) is 6.02. The highest BCUT2D eigenvalue weighted by molar-refractivity contribution is 5.79. The van der Waals surface area contributed by atoms with Gasteiger partial charge in [0.05, 0.1) is 12.0 Å². The van der Waals surface area contributed by atoms with Crippen molar-refractivity contribution >= 4 is 22.7 Å². The van der Waals surface area contributed by atoms with E-state index < -0.39 is 4.92 Å². The van der Waals surface area contributed by atoms with Gasteiger partial charge >= 0.3 is 5.69 Å². The summed E-state index contributed by atoms with van der Waals surface area (Å²) in [6.45, 7) is 0. The minimum Gasteiger partial charge on any atom is -0.497 e. The molecule has 2 aromatic rings. The van der Waals surface area contributed by atoms with E-state index in [1.54, 1.807) is 56.6 Å². The van der Waals surface area contributed by atoms with Crippen LogP contribution in [0.1, 0.15) is 0 Å². The molecule has 2 rings (SSSR count). The van der Waals surface area contributed by atoms with Crippen LogP contribution >= 0.6 is 0 Å². The third-order valence-corrected chi connectivity index (χ3v) is 2.86. The highest BCUT2D eigenvalue weighted by Crippen LogP contribution is 2.34. The molecule has 0 aliphatic carbocycles. The van der Waals surface area contributed by atoms with Crippen LogP contribution in [0.15, 0.2) is 42.5 Å². The fourth-order valence-corrected chi connectivity index (χ4v) is 1.87. The Kier molecular flexibility index (Phi) is 4.05. The van der Waals surface area contributed by atoms with Gasteiger partial charge in [0.1, 0.15) is 17.1 Å². The molecule has 0 aliphatic rings. The van der Waals surface area contributed by atoms with Crippen molar-refractivity contribution in [2.45, 2.75) is 0 Å². The van der Waals surface area contributed by atoms with Gasteiger partial charge in [-0.05, 0) is 36.4 Å². The monoisotopic (exact) mass is 273 g/mol. The van der Waals surface area contributed by atoms with Gasteiger partial charge in [0.15, 0.2) is 0 Å². The Bertz CT molecular complexity index is 612. The molecule has 0 saturated heterocycles. The second kappa shape index (κ2) is 5.92. The van der Waals surface area contributed by atoms with E-state index in [0.29, 0.717) is 11.4 Å². The van der Waals surface area contributed by atoms with Crippen molar-refractivity contribution in [3.05, 3.63) is 52.6 Å². The first kappa shape index (κ1) is 13.7. The van der Waals surface area contributed by atoms with E-state index in [2.05, 4.69) is 10.6 Å². The Morgan fingerprint density at radius 3 is 2.30 bits per heavy atom. The lowest BCUT2D eigenvalue weighted by atomic mass is 10.2. The summed E-state index contributed by atoms with van der Waals surface area (Å²) >= 11 is 0. The Balaban J connectivity index is 2.34. The van der Waals surface area contributed by atoms with Crippen molar-refractivity contribution in [1.82, 2.24) is 0 Å². The summed E-state index contributed by atoms with van der Waals surface area (Å²) < 4.78 is 5.07. The fourth-order valence-electron chi connectivity index (χ4n) is 1.87. The number of anilines is 3. The number of nitrogens with zero attached hydrogens (tertiary/aromatic N) is 1. The third kappa shape index (κ3) is 2.80. The molecule has 0 atom stereocenters. The number of nitro groups is 1. The van der Waals surface area contributed by atoms with Crippen LogP contribution in [0.2, 0.25) is 0 Å². The lowest BCUT2D eigenvalue weighted by molar-refractivity contribution is -0.383. The van der Waals surface area contributed by atoms with Crippen LogP contribution in [-0.2, 0) is 0 Å². The highest BCUT2D eigenvalue weighted by atomic mass is 16.6. The Morgan fingerprint density at radius 2 is 1.75 bits per heavy atom. The summed E-state index contributed by atoms with van der Waals surface area (Å²) in [5.41, 5.74) is 1.67. The van der Waals surface area contributed by atoms with Gasteiger partial charge in [0.25, 0.3) is 0 Å². The van der Waals surface area contributed by atoms with Crippen molar-refractivity contribution in [2.75, 3.05) is 24.8 Å². The summed E-state index contributed by atoms with van der Waals surface area (Å²) in [7, 11) is 3.24. The van der Waals surface area contributed by atoms with E-state index in [-0.39, 0.29) is 5.69 Å². The van der Waals surface area contributed by atoms with Crippen LogP contribution in [-0.4, -0.2) is 19.1 Å². The standard InChI is InChI=1S/C14H15N3O3/c1-15-12-4-3-5-13(14(12)17(18)19)16-10-6-8-11(20-2)9-7-10/h3-9,15-16H,1-2H3. The molecular formula is C14H15N3O3. The van der Waals surface area contributed by atoms with Crippen molar-refractivity contribution in [1.29, 1.82) is 0 Å². The smallest absolute Gasteiger partial charge is 0.315 e. The molecule has 0 fully saturated rings. The van der Waals surface area contributed by atoms with Crippen LogP contribution in [0.3, 0.4) is 0 Å². The molecule has 0 unspecified atom stereocenters. The van der Waals surface area contributed by atoms with E-state index in [1.807, 2.05) is 0 Å². The summed E-state index contributed by atoms with van der Waals surface area (Å²) in [4.78, 5) is 10.8. The van der Waals surface area contributed by atoms with Gasteiger partial charge in [-0.3, -0.25) is 10.1 Å². The molecule has 0 radical (unpaired) electrons. The minimum atomic E-state index is -0.405. The molecule has 0 amide bonds. The molecular weight excluding hydrogens is 258 g/mol. The van der Waals surface area contributed by atoms with Gasteiger partial charge in [-0.2, -0.15) is 0 Å². The maximum absolute atomic E-state index is 11.2. The third-order valence-electron chi connectivity index (χ3n) is 2.86. The van der Waals surface area contributed by atoms with E-state index in [9.17, 15) is 10.1 Å². The number of nitrogens with one attached hydrogen (secondary N) is 2. The molecule has 2 aromatic carbocycles. The Hall–Kier alpha value is -2.76. The minimum absolute atomic E-state index is 0.0193. The lowest BCUT2D eigenvalue weighted by Crippen LogP contribution is -2.01. The van der Waals surface area contributed by atoms with Crippen LogP contribution < -0.4 is 15.4 Å². The number of hydrogen-bond acceptors (Lipinski definition) is 5. The zero-order valence-corrected chi connectivity index (χ0v) is 11.2. The average Bonchev–Trinajstić information content (AvgIpc) is 2.47. The summed E-state index contributed by atoms with van der Waals surface area (Å²) in [5.74, 6) is 0.731. The second-order valence-electron chi connectivity index (χ2n) is 4.06. The molecule has 6 nitrogen and oxygen atoms in total. The van der Waals surface area contributed by atoms with E-state index in [4.69, 9.17) is 4.74 Å². The molecule has 20 heavy (non-hydrogen) atoms. The molecule has 2 N–H and O–H groups in total. The first-order chi connectivity index (χ1) is 9.65. The summed E-state index contributed by atoms with van der Waals surface area (Å²) in [6, 6.07) is 12.3. The number of benzene rings is 2. The quantitative estimate of drug-likeness (QED) is 0.645. The normalized spacial score (nSPS) is 9.90. The van der Waals surface area contributed by atoms with Gasteiger partial charge in [0, 0.05) is 12.7 Å². The Labute approximate surface area is 116 Å². The molecule has 0 spiro atoms. The Morgan fingerprint density at radius 1 is 1.10 bits per heavy atom. The highest BCUT2D eigenvalue weighted by Gasteiger charge is 2.18. The van der Waals surface area contributed by atoms with Gasteiger partial charge in [-0.15, -0.1) is 0 Å². The number of methoxy groups -OCH3 is 1. The van der Waals surface area contributed by atoms with Crippen molar-refractivity contribution < 1.29 is 9.66 Å². The summed E-state index contributed by atoms with van der Waals surface area (Å²) in [5, 5.41) is 17.1. The predicted octanol–water partition coefficient (Wildman–Crippen LogP) is 3.39. The molecule has 6 heteroatoms. The van der Waals surface area contributed by atoms with Gasteiger partial charge in [-0.1, -0.05) is 6.07 Å². The molecule has 0 heterocycles. The summed E-state index contributed by atoms with van der Waals surface area (Å²) in [6.07, 6.45) is 0. The van der Waals surface area contributed by atoms with Gasteiger partial charge in [-0.25, -0.2) is 0 Å². The van der Waals surface area contributed by atoms with Crippen LogP contribution in [0, 0.1) is 10.1 Å². The molecule has 0 bridgehead atoms. The van der Waals surface area contributed by atoms with E-state index in [0.717, 1.165) is 11.4 Å². The number of nitro benzene ring substituents is 1. The fraction of sp³-hybridized carbons (Fsp3) is 0.143. The largest absolute Gasteiger partial charge is 0.497 e. The van der Waals surface area contributed by atoms with Crippen LogP contribution in [0.4, 0.5) is 22.7 Å². The zero-order valence-electron chi connectivity index (χ0n) is 11.2. The first-order valence-electron chi connectivity index (χ1n) is 6.02. The molecule has 0 saturated carbocycles. The van der Waals surface area contributed by atoms with Gasteiger partial charge < -0.3 is 15.4 Å². The van der Waals surface area contributed by atoms with E-state index >= 15 is 0 Å². The molecule has 0 aliphatic heterocycles. The lowest BCUT2D eigenvalue weighted by Gasteiger charge is -2.10. The van der Waals surface area contributed by atoms with Crippen molar-refractivity contribution in [2.24, 2.45) is 0 Å². The predicted molar refractivity (Wildman–Crippen MR) is 78.9 cm³/mol. The maximum Gasteiger partial charge on any atom is 0.315 e. The van der Waals surface area contributed by atoms with Crippen molar-refractivity contribution in [3.63, 3.8) is 0 Å². The SMILES string of the molecule is CNc1cccc(Nc2ccc(OC)cc2)c1[N+](=O)[O-]. The molecule has 104 valence electrons. The molecule has 0 aromatic heterocycles. The van der Waals surface area contributed by atoms with Gasteiger partial charge in [0.2, 0.25) is 0 Å². The second-order valence-corrected chi connectivity index (χ2v) is 4.06. The number of ether oxygens (including phenoxy) is 1. The number of rotatable bonds is 5. The van der Waals surface area contributed by atoms with Crippen LogP contribution in [0.5, 0.6) is 5.75 Å². The van der Waals surface area contributed by atoms with E-state index in [1.165, 1.54) is 0 Å². The van der Waals surface area contributed by atoms with Crippen molar-refractivity contribution in [3.8, 4) is 5.75 Å². The maximum atomic E-state index is 11.2. The number of hydrogen-bond donors (Lipinski definition) is 2. The topological polar surface area (TPSA) is 76.4 Å². The average molecular weight is 273 g/mol.